The lowest BCUT2D eigenvalue weighted by Crippen LogP contribution is -2.08. The predicted octanol–water partition coefficient (Wildman–Crippen LogP) is 4.68. The standard InChI is InChI=1S/C17H20FN/c1-12(2)15-6-5-7-16(18)17(15)13-8-10-14(11-9-13)19(3)4/h5-12H,1-4H3. The Labute approximate surface area is 114 Å². The Morgan fingerprint density at radius 3 is 2.11 bits per heavy atom. The molecule has 0 radical (unpaired) electrons. The summed E-state index contributed by atoms with van der Waals surface area (Å²) >= 11 is 0. The molecule has 0 saturated heterocycles. The summed E-state index contributed by atoms with van der Waals surface area (Å²) in [6.07, 6.45) is 0. The van der Waals surface area contributed by atoms with Crippen molar-refractivity contribution < 1.29 is 4.39 Å². The van der Waals surface area contributed by atoms with Crippen molar-refractivity contribution in [3.05, 3.63) is 53.8 Å². The summed E-state index contributed by atoms with van der Waals surface area (Å²) in [4.78, 5) is 2.04. The fourth-order valence-electron chi connectivity index (χ4n) is 2.25. The van der Waals surface area contributed by atoms with Crippen LogP contribution in [0.25, 0.3) is 11.1 Å². The van der Waals surface area contributed by atoms with Crippen molar-refractivity contribution in [2.75, 3.05) is 19.0 Å². The number of nitrogens with zero attached hydrogens (tertiary/aromatic N) is 1. The summed E-state index contributed by atoms with van der Waals surface area (Å²) in [6.45, 7) is 4.18. The van der Waals surface area contributed by atoms with Crippen LogP contribution in [0.1, 0.15) is 25.3 Å². The smallest absolute Gasteiger partial charge is 0.131 e. The van der Waals surface area contributed by atoms with Crippen LogP contribution < -0.4 is 4.90 Å². The van der Waals surface area contributed by atoms with Crippen LogP contribution >= 0.6 is 0 Å². The van der Waals surface area contributed by atoms with Crippen molar-refractivity contribution in [1.29, 1.82) is 0 Å². The summed E-state index contributed by atoms with van der Waals surface area (Å²) in [5.74, 6) is 0.156. The van der Waals surface area contributed by atoms with Crippen molar-refractivity contribution in [1.82, 2.24) is 0 Å². The molecule has 0 spiro atoms. The molecule has 0 fully saturated rings. The molecule has 2 aromatic rings. The first-order chi connectivity index (χ1) is 9.00. The van der Waals surface area contributed by atoms with E-state index in [1.165, 1.54) is 6.07 Å². The fraction of sp³-hybridized carbons (Fsp3) is 0.294. The Hall–Kier alpha value is -1.83. The Balaban J connectivity index is 2.52. The van der Waals surface area contributed by atoms with Gasteiger partial charge in [0.2, 0.25) is 0 Å². The van der Waals surface area contributed by atoms with Crippen LogP contribution in [0, 0.1) is 5.82 Å². The van der Waals surface area contributed by atoms with E-state index in [1.54, 1.807) is 6.07 Å². The van der Waals surface area contributed by atoms with E-state index in [0.717, 1.165) is 22.4 Å². The SMILES string of the molecule is CC(C)c1cccc(F)c1-c1ccc(N(C)C)cc1. The van der Waals surface area contributed by atoms with E-state index in [4.69, 9.17) is 0 Å². The van der Waals surface area contributed by atoms with Gasteiger partial charge in [0.15, 0.2) is 0 Å². The lowest BCUT2D eigenvalue weighted by molar-refractivity contribution is 0.627. The third kappa shape index (κ3) is 2.78. The molecule has 0 atom stereocenters. The third-order valence-corrected chi connectivity index (χ3v) is 3.34. The molecule has 0 heterocycles. The van der Waals surface area contributed by atoms with Gasteiger partial charge in [0.1, 0.15) is 5.82 Å². The van der Waals surface area contributed by atoms with Gasteiger partial charge in [-0.05, 0) is 35.2 Å². The maximum Gasteiger partial charge on any atom is 0.131 e. The van der Waals surface area contributed by atoms with Gasteiger partial charge in [-0.1, -0.05) is 38.1 Å². The molecule has 0 aromatic heterocycles. The quantitative estimate of drug-likeness (QED) is 0.771. The van der Waals surface area contributed by atoms with E-state index < -0.39 is 0 Å². The highest BCUT2D eigenvalue weighted by Crippen LogP contribution is 2.32. The molecule has 2 rings (SSSR count). The summed E-state index contributed by atoms with van der Waals surface area (Å²) in [6, 6.07) is 13.3. The molecule has 19 heavy (non-hydrogen) atoms. The molecule has 0 amide bonds. The molecular formula is C17H20FN. The second kappa shape index (κ2) is 5.43. The van der Waals surface area contributed by atoms with Crippen LogP contribution in [-0.4, -0.2) is 14.1 Å². The summed E-state index contributed by atoms with van der Waals surface area (Å²) in [5, 5.41) is 0. The summed E-state index contributed by atoms with van der Waals surface area (Å²) < 4.78 is 14.1. The van der Waals surface area contributed by atoms with E-state index in [1.807, 2.05) is 49.3 Å². The maximum absolute atomic E-state index is 14.1. The molecule has 0 unspecified atom stereocenters. The number of hydrogen-bond acceptors (Lipinski definition) is 1. The Bertz CT molecular complexity index is 556. The minimum Gasteiger partial charge on any atom is -0.378 e. The zero-order valence-electron chi connectivity index (χ0n) is 11.9. The monoisotopic (exact) mass is 257 g/mol. The second-order valence-electron chi connectivity index (χ2n) is 5.30. The van der Waals surface area contributed by atoms with Gasteiger partial charge in [0, 0.05) is 25.3 Å². The Kier molecular flexibility index (Phi) is 3.89. The Morgan fingerprint density at radius 2 is 1.58 bits per heavy atom. The zero-order chi connectivity index (χ0) is 14.0. The number of rotatable bonds is 3. The molecule has 0 N–H and O–H groups in total. The number of hydrogen-bond donors (Lipinski definition) is 0. The van der Waals surface area contributed by atoms with Crippen LogP contribution in [-0.2, 0) is 0 Å². The van der Waals surface area contributed by atoms with Crippen LogP contribution in [0.2, 0.25) is 0 Å². The molecule has 0 aliphatic heterocycles. The van der Waals surface area contributed by atoms with E-state index in [9.17, 15) is 4.39 Å². The summed E-state index contributed by atoms with van der Waals surface area (Å²) in [5.41, 5.74) is 3.83. The fourth-order valence-corrected chi connectivity index (χ4v) is 2.25. The normalized spacial score (nSPS) is 10.8. The molecule has 0 aliphatic carbocycles. The topological polar surface area (TPSA) is 3.24 Å². The highest BCUT2D eigenvalue weighted by atomic mass is 19.1. The van der Waals surface area contributed by atoms with E-state index >= 15 is 0 Å². The molecule has 100 valence electrons. The van der Waals surface area contributed by atoms with Gasteiger partial charge in [-0.3, -0.25) is 0 Å². The van der Waals surface area contributed by atoms with E-state index in [2.05, 4.69) is 13.8 Å². The first kappa shape index (κ1) is 13.6. The van der Waals surface area contributed by atoms with Crippen molar-refractivity contribution in [2.45, 2.75) is 19.8 Å². The van der Waals surface area contributed by atoms with Gasteiger partial charge in [0.25, 0.3) is 0 Å². The first-order valence-electron chi connectivity index (χ1n) is 6.57. The summed E-state index contributed by atoms with van der Waals surface area (Å²) in [7, 11) is 4.00. The molecule has 0 bridgehead atoms. The average Bonchev–Trinajstić information content (AvgIpc) is 2.38. The molecule has 2 aromatic carbocycles. The predicted molar refractivity (Wildman–Crippen MR) is 80.3 cm³/mol. The van der Waals surface area contributed by atoms with Crippen LogP contribution in [0.5, 0.6) is 0 Å². The van der Waals surface area contributed by atoms with Crippen molar-refractivity contribution >= 4 is 5.69 Å². The van der Waals surface area contributed by atoms with Gasteiger partial charge < -0.3 is 4.90 Å². The van der Waals surface area contributed by atoms with Gasteiger partial charge in [0.05, 0.1) is 0 Å². The van der Waals surface area contributed by atoms with Gasteiger partial charge >= 0.3 is 0 Å². The highest BCUT2D eigenvalue weighted by molar-refractivity contribution is 5.70. The van der Waals surface area contributed by atoms with Crippen LogP contribution in [0.15, 0.2) is 42.5 Å². The van der Waals surface area contributed by atoms with Gasteiger partial charge in [-0.2, -0.15) is 0 Å². The largest absolute Gasteiger partial charge is 0.378 e. The minimum absolute atomic E-state index is 0.149. The van der Waals surface area contributed by atoms with Gasteiger partial charge in [-0.25, -0.2) is 4.39 Å². The molecule has 0 aliphatic rings. The van der Waals surface area contributed by atoms with Crippen LogP contribution in [0.4, 0.5) is 10.1 Å². The van der Waals surface area contributed by atoms with Crippen molar-refractivity contribution in [3.63, 3.8) is 0 Å². The lowest BCUT2D eigenvalue weighted by atomic mass is 9.92. The first-order valence-corrected chi connectivity index (χ1v) is 6.57. The van der Waals surface area contributed by atoms with Crippen molar-refractivity contribution in [2.24, 2.45) is 0 Å². The molecule has 2 heteroatoms. The van der Waals surface area contributed by atoms with Crippen LogP contribution in [0.3, 0.4) is 0 Å². The molecule has 1 nitrogen and oxygen atoms in total. The maximum atomic E-state index is 14.1. The lowest BCUT2D eigenvalue weighted by Gasteiger charge is -2.16. The third-order valence-electron chi connectivity index (χ3n) is 3.34. The van der Waals surface area contributed by atoms with Crippen molar-refractivity contribution in [3.8, 4) is 11.1 Å². The number of halogens is 1. The van der Waals surface area contributed by atoms with E-state index in [0.29, 0.717) is 5.92 Å². The number of anilines is 1. The Morgan fingerprint density at radius 1 is 0.947 bits per heavy atom. The van der Waals surface area contributed by atoms with Gasteiger partial charge in [-0.15, -0.1) is 0 Å². The number of benzene rings is 2. The second-order valence-corrected chi connectivity index (χ2v) is 5.30. The highest BCUT2D eigenvalue weighted by Gasteiger charge is 2.13. The average molecular weight is 257 g/mol. The molecular weight excluding hydrogens is 237 g/mol. The zero-order valence-corrected chi connectivity index (χ0v) is 11.9. The van der Waals surface area contributed by atoms with E-state index in [-0.39, 0.29) is 5.82 Å². The minimum atomic E-state index is -0.149. The molecule has 0 saturated carbocycles.